The Morgan fingerprint density at radius 3 is 1.62 bits per heavy atom. The van der Waals surface area contributed by atoms with Crippen LogP contribution in [0.3, 0.4) is 0 Å². The predicted octanol–water partition coefficient (Wildman–Crippen LogP) is 5.41. The van der Waals surface area contributed by atoms with Crippen LogP contribution >= 0.6 is 0 Å². The minimum Gasteiger partial charge on any atom is -0.418 e. The van der Waals surface area contributed by atoms with E-state index in [-0.39, 0.29) is 0 Å². The van der Waals surface area contributed by atoms with Crippen molar-refractivity contribution in [1.29, 1.82) is 0 Å². The Labute approximate surface area is 125 Å². The van der Waals surface area contributed by atoms with Crippen LogP contribution in [-0.2, 0) is 6.54 Å². The van der Waals surface area contributed by atoms with Gasteiger partial charge in [-0.15, -0.1) is 0 Å². The van der Waals surface area contributed by atoms with Gasteiger partial charge in [-0.25, -0.2) is 4.57 Å². The van der Waals surface area contributed by atoms with E-state index in [0.29, 0.717) is 0 Å². The second-order valence-corrected chi connectivity index (χ2v) is 5.08. The third-order valence-electron chi connectivity index (χ3n) is 3.05. The highest BCUT2D eigenvalue weighted by Gasteiger charge is 2.20. The van der Waals surface area contributed by atoms with E-state index in [1.54, 1.807) is 0 Å². The Morgan fingerprint density at radius 1 is 0.714 bits per heavy atom. The first-order valence-corrected chi connectivity index (χ1v) is 7.75. The normalized spacial score (nSPS) is 10.9. The topological polar surface area (TPSA) is 3.88 Å². The zero-order valence-electron chi connectivity index (χ0n) is 12.8. The summed E-state index contributed by atoms with van der Waals surface area (Å²) < 4.78 is 41.3. The smallest absolute Gasteiger partial charge is 0.418 e. The lowest BCUT2D eigenvalue weighted by atomic mass is 10.1. The average molecular weight is 307 g/mol. The molecule has 0 N–H and O–H groups in total. The van der Waals surface area contributed by atoms with Crippen LogP contribution in [0.1, 0.15) is 58.3 Å². The van der Waals surface area contributed by atoms with E-state index in [4.69, 9.17) is 0 Å². The van der Waals surface area contributed by atoms with Crippen LogP contribution in [0, 0.1) is 0 Å². The van der Waals surface area contributed by atoms with E-state index < -0.39 is 7.25 Å². The van der Waals surface area contributed by atoms with Gasteiger partial charge in [-0.1, -0.05) is 51.5 Å². The maximum Gasteiger partial charge on any atom is 0.673 e. The summed E-state index contributed by atoms with van der Waals surface area (Å²) in [6.07, 6.45) is 15.5. The number of pyridine rings is 1. The van der Waals surface area contributed by atoms with Gasteiger partial charge in [0.25, 0.3) is 0 Å². The first-order chi connectivity index (χ1) is 9.93. The molecule has 0 aliphatic heterocycles. The third-order valence-corrected chi connectivity index (χ3v) is 3.05. The highest BCUT2D eigenvalue weighted by atomic mass is 19.5. The Hall–Kier alpha value is -1.07. The Kier molecular flexibility index (Phi) is 12.0. The van der Waals surface area contributed by atoms with E-state index in [1.807, 2.05) is 0 Å². The average Bonchev–Trinajstić information content (AvgIpc) is 2.41. The molecule has 0 aliphatic carbocycles. The van der Waals surface area contributed by atoms with Gasteiger partial charge in [-0.2, -0.15) is 0 Å². The van der Waals surface area contributed by atoms with Crippen molar-refractivity contribution >= 4 is 7.25 Å². The molecule has 0 aromatic carbocycles. The molecule has 0 aliphatic rings. The summed E-state index contributed by atoms with van der Waals surface area (Å²) in [5.74, 6) is 0. The zero-order valence-corrected chi connectivity index (χ0v) is 12.8. The standard InChI is InChI=1S/C15H26N.BF4/c1-2-3-4-5-6-7-8-10-13-16-14-11-9-12-15-16;2-1(3,4)5/h9,11-12,14-15H,2-8,10,13H2,1H3;/q+1;-1. The number of halogens is 4. The van der Waals surface area contributed by atoms with Crippen LogP contribution in [0.15, 0.2) is 30.6 Å². The first kappa shape index (κ1) is 19.9. The molecule has 0 unspecified atom stereocenters. The van der Waals surface area contributed by atoms with E-state index in [9.17, 15) is 17.3 Å². The molecule has 1 aromatic heterocycles. The molecule has 1 rings (SSSR count). The largest absolute Gasteiger partial charge is 0.673 e. The predicted molar refractivity (Wildman–Crippen MR) is 79.4 cm³/mol. The lowest BCUT2D eigenvalue weighted by Crippen LogP contribution is -2.32. The molecule has 21 heavy (non-hydrogen) atoms. The van der Waals surface area contributed by atoms with Gasteiger partial charge in [0.15, 0.2) is 12.4 Å². The van der Waals surface area contributed by atoms with Crippen molar-refractivity contribution in [2.45, 2.75) is 64.8 Å². The summed E-state index contributed by atoms with van der Waals surface area (Å²) in [5.41, 5.74) is 0. The molecule has 1 heterocycles. The highest BCUT2D eigenvalue weighted by molar-refractivity contribution is 6.50. The molecular formula is C15H26BF4N. The zero-order chi connectivity index (χ0) is 16.0. The number of nitrogens with zero attached hydrogens (tertiary/aromatic N) is 1. The number of aryl methyl sites for hydroxylation is 1. The van der Waals surface area contributed by atoms with Crippen LogP contribution in [-0.4, -0.2) is 7.25 Å². The summed E-state index contributed by atoms with van der Waals surface area (Å²) in [4.78, 5) is 0. The second kappa shape index (κ2) is 12.7. The van der Waals surface area contributed by atoms with Crippen LogP contribution in [0.25, 0.3) is 0 Å². The summed E-state index contributed by atoms with van der Waals surface area (Å²) in [6, 6.07) is 6.28. The molecule has 1 aromatic rings. The number of unbranched alkanes of at least 4 members (excludes halogenated alkanes) is 7. The quantitative estimate of drug-likeness (QED) is 0.248. The Bertz CT molecular complexity index is 324. The van der Waals surface area contributed by atoms with Crippen molar-refractivity contribution in [3.05, 3.63) is 30.6 Å². The summed E-state index contributed by atoms with van der Waals surface area (Å²) >= 11 is 0. The molecule has 122 valence electrons. The molecule has 0 saturated carbocycles. The van der Waals surface area contributed by atoms with Crippen molar-refractivity contribution in [2.75, 3.05) is 0 Å². The van der Waals surface area contributed by atoms with E-state index in [2.05, 4.69) is 42.1 Å². The number of hydrogen-bond donors (Lipinski definition) is 0. The lowest BCUT2D eigenvalue weighted by molar-refractivity contribution is -0.697. The fourth-order valence-corrected chi connectivity index (χ4v) is 2.01. The van der Waals surface area contributed by atoms with Crippen molar-refractivity contribution in [2.24, 2.45) is 0 Å². The fraction of sp³-hybridized carbons (Fsp3) is 0.667. The molecule has 0 spiro atoms. The summed E-state index contributed by atoms with van der Waals surface area (Å²) in [7, 11) is -6.00. The summed E-state index contributed by atoms with van der Waals surface area (Å²) in [6.45, 7) is 3.45. The maximum absolute atomic E-state index is 9.75. The molecule has 0 fully saturated rings. The van der Waals surface area contributed by atoms with Crippen molar-refractivity contribution in [1.82, 2.24) is 0 Å². The van der Waals surface area contributed by atoms with Gasteiger partial charge in [0.1, 0.15) is 6.54 Å². The van der Waals surface area contributed by atoms with E-state index in [1.165, 1.54) is 57.9 Å². The monoisotopic (exact) mass is 307 g/mol. The minimum atomic E-state index is -6.00. The summed E-state index contributed by atoms with van der Waals surface area (Å²) in [5, 5.41) is 0. The van der Waals surface area contributed by atoms with Crippen molar-refractivity contribution in [3.63, 3.8) is 0 Å². The fourth-order valence-electron chi connectivity index (χ4n) is 2.01. The van der Waals surface area contributed by atoms with Gasteiger partial charge >= 0.3 is 7.25 Å². The molecule has 0 saturated heterocycles. The van der Waals surface area contributed by atoms with Crippen molar-refractivity contribution < 1.29 is 21.8 Å². The van der Waals surface area contributed by atoms with Gasteiger partial charge in [0.2, 0.25) is 0 Å². The molecule has 6 heteroatoms. The van der Waals surface area contributed by atoms with Gasteiger partial charge < -0.3 is 17.3 Å². The molecule has 0 radical (unpaired) electrons. The molecular weight excluding hydrogens is 281 g/mol. The first-order valence-electron chi connectivity index (χ1n) is 7.75. The number of hydrogen-bond acceptors (Lipinski definition) is 0. The number of rotatable bonds is 9. The SMILES string of the molecule is CCCCCCCCCC[n+]1ccccc1.F[B-](F)(F)F. The van der Waals surface area contributed by atoms with Crippen molar-refractivity contribution in [3.8, 4) is 0 Å². The highest BCUT2D eigenvalue weighted by Crippen LogP contribution is 2.08. The maximum atomic E-state index is 9.75. The second-order valence-electron chi connectivity index (χ2n) is 5.08. The van der Waals surface area contributed by atoms with Gasteiger partial charge in [0, 0.05) is 18.6 Å². The minimum absolute atomic E-state index is 1.18. The van der Waals surface area contributed by atoms with Crippen LogP contribution < -0.4 is 4.57 Å². The van der Waals surface area contributed by atoms with Crippen LogP contribution in [0.5, 0.6) is 0 Å². The van der Waals surface area contributed by atoms with Crippen LogP contribution in [0.2, 0.25) is 0 Å². The molecule has 0 bridgehead atoms. The van der Waals surface area contributed by atoms with Crippen LogP contribution in [0.4, 0.5) is 17.3 Å². The lowest BCUT2D eigenvalue weighted by Gasteiger charge is -2.00. The van der Waals surface area contributed by atoms with Gasteiger partial charge in [-0.05, 0) is 6.42 Å². The van der Waals surface area contributed by atoms with Gasteiger partial charge in [0.05, 0.1) is 0 Å². The van der Waals surface area contributed by atoms with E-state index in [0.717, 1.165) is 0 Å². The number of aromatic nitrogens is 1. The molecule has 1 nitrogen and oxygen atoms in total. The van der Waals surface area contributed by atoms with E-state index >= 15 is 0 Å². The molecule has 0 atom stereocenters. The Balaban J connectivity index is 0.000000690. The third kappa shape index (κ3) is 18.9. The van der Waals surface area contributed by atoms with Gasteiger partial charge in [-0.3, -0.25) is 0 Å². The Morgan fingerprint density at radius 2 is 1.14 bits per heavy atom. The molecule has 0 amide bonds.